The normalized spacial score (nSPS) is 20.0. The highest BCUT2D eigenvalue weighted by molar-refractivity contribution is 6.11. The molecule has 1 aromatic carbocycles. The lowest BCUT2D eigenvalue weighted by molar-refractivity contribution is -0.145. The smallest absolute Gasteiger partial charge is 0.226 e. The molecule has 0 saturated carbocycles. The van der Waals surface area contributed by atoms with Crippen LogP contribution < -0.4 is 11.1 Å². The lowest BCUT2D eigenvalue weighted by Crippen LogP contribution is -2.44. The van der Waals surface area contributed by atoms with E-state index in [0.717, 1.165) is 23.6 Å². The summed E-state index contributed by atoms with van der Waals surface area (Å²) in [6.07, 6.45) is 5.63. The van der Waals surface area contributed by atoms with Gasteiger partial charge in [-0.15, -0.1) is 5.10 Å². The second kappa shape index (κ2) is 10.5. The van der Waals surface area contributed by atoms with Crippen molar-refractivity contribution in [2.24, 2.45) is 16.2 Å². The van der Waals surface area contributed by atoms with Crippen LogP contribution >= 0.6 is 0 Å². The van der Waals surface area contributed by atoms with Gasteiger partial charge in [0, 0.05) is 31.8 Å². The summed E-state index contributed by atoms with van der Waals surface area (Å²) in [6, 6.07) is 5.38. The Labute approximate surface area is 207 Å². The van der Waals surface area contributed by atoms with Gasteiger partial charge in [-0.2, -0.15) is 5.53 Å². The van der Waals surface area contributed by atoms with Gasteiger partial charge in [0.15, 0.2) is 17.5 Å². The first-order chi connectivity index (χ1) is 17.2. The van der Waals surface area contributed by atoms with Crippen molar-refractivity contribution in [2.75, 3.05) is 30.7 Å². The third-order valence-corrected chi connectivity index (χ3v) is 6.47. The van der Waals surface area contributed by atoms with Crippen LogP contribution in [0, 0.1) is 23.1 Å². The number of benzene rings is 1. The molecule has 2 aromatic rings. The van der Waals surface area contributed by atoms with Crippen LogP contribution in [0.1, 0.15) is 44.2 Å². The Morgan fingerprint density at radius 3 is 2.86 bits per heavy atom. The highest BCUT2D eigenvalue weighted by atomic mass is 19.2. The lowest BCUT2D eigenvalue weighted by atomic mass is 9.87. The van der Waals surface area contributed by atoms with Crippen molar-refractivity contribution in [1.29, 1.82) is 5.53 Å². The number of amidine groups is 1. The molecule has 0 aliphatic carbocycles. The highest BCUT2D eigenvalue weighted by Crippen LogP contribution is 2.32. The fourth-order valence-corrected chi connectivity index (χ4v) is 4.60. The second-order valence-electron chi connectivity index (χ2n) is 9.49. The Morgan fingerprint density at radius 2 is 2.17 bits per heavy atom. The minimum absolute atomic E-state index is 0.0447. The standard InChI is InChI=1S/C25H29F2N7O2/c1-25(2)13-16(8-11-36-25)24(35)34-9-6-15(7-10-34)17-12-18(22(28)30-14-17)23(32-33-29)31-20-5-3-4-19(26)21(20)27/h3-6,12,14,16H,7-11,13H2,1-2H3,(H2,28,30)(H2,29,31,32)/t16-/m1/s1. The van der Waals surface area contributed by atoms with Crippen molar-refractivity contribution in [3.63, 3.8) is 0 Å². The third-order valence-electron chi connectivity index (χ3n) is 6.47. The van der Waals surface area contributed by atoms with Crippen molar-refractivity contribution in [3.8, 4) is 0 Å². The summed E-state index contributed by atoms with van der Waals surface area (Å²) in [5.41, 5.74) is 14.7. The number of rotatable bonds is 5. The molecule has 1 aromatic heterocycles. The summed E-state index contributed by atoms with van der Waals surface area (Å²) >= 11 is 0. The SMILES string of the molecule is CC1(C)C[C@H](C(=O)N2CC=C(c3cnc(N)c(/C(=N/N=N)Nc4cccc(F)c4F)c3)CC2)CCO1. The van der Waals surface area contributed by atoms with Gasteiger partial charge >= 0.3 is 0 Å². The van der Waals surface area contributed by atoms with Crippen LogP contribution in [-0.2, 0) is 9.53 Å². The van der Waals surface area contributed by atoms with Gasteiger partial charge in [-0.3, -0.25) is 4.79 Å². The molecule has 0 radical (unpaired) electrons. The number of carbonyl (C=O) groups excluding carboxylic acids is 1. The second-order valence-corrected chi connectivity index (χ2v) is 9.49. The van der Waals surface area contributed by atoms with Gasteiger partial charge < -0.3 is 20.7 Å². The summed E-state index contributed by atoms with van der Waals surface area (Å²) < 4.78 is 33.6. The van der Waals surface area contributed by atoms with Gasteiger partial charge in [-0.05, 0) is 62.4 Å². The van der Waals surface area contributed by atoms with Crippen molar-refractivity contribution in [1.82, 2.24) is 9.88 Å². The molecule has 1 amide bonds. The topological polar surface area (TPSA) is 129 Å². The average molecular weight is 498 g/mol. The van der Waals surface area contributed by atoms with Crippen LogP contribution in [0.3, 0.4) is 0 Å². The Hall–Kier alpha value is -3.73. The van der Waals surface area contributed by atoms with Crippen LogP contribution in [0.5, 0.6) is 0 Å². The lowest BCUT2D eigenvalue weighted by Gasteiger charge is -2.37. The largest absolute Gasteiger partial charge is 0.383 e. The van der Waals surface area contributed by atoms with E-state index >= 15 is 0 Å². The first kappa shape index (κ1) is 25.4. The number of carbonyl (C=O) groups is 1. The van der Waals surface area contributed by atoms with Crippen LogP contribution in [0.4, 0.5) is 20.3 Å². The molecule has 11 heteroatoms. The molecular weight excluding hydrogens is 468 g/mol. The van der Waals surface area contributed by atoms with Gasteiger partial charge in [0.2, 0.25) is 5.91 Å². The van der Waals surface area contributed by atoms with E-state index in [4.69, 9.17) is 16.0 Å². The molecule has 0 unspecified atom stereocenters. The molecule has 3 heterocycles. The van der Waals surface area contributed by atoms with Gasteiger partial charge in [0.1, 0.15) is 5.82 Å². The van der Waals surface area contributed by atoms with E-state index in [9.17, 15) is 13.6 Å². The van der Waals surface area contributed by atoms with Crippen molar-refractivity contribution < 1.29 is 18.3 Å². The fourth-order valence-electron chi connectivity index (χ4n) is 4.60. The molecule has 1 atom stereocenters. The first-order valence-electron chi connectivity index (χ1n) is 11.7. The number of hydrogen-bond acceptors (Lipinski definition) is 6. The molecule has 36 heavy (non-hydrogen) atoms. The molecule has 9 nitrogen and oxygen atoms in total. The number of nitrogen functional groups attached to an aromatic ring is 1. The van der Waals surface area contributed by atoms with Crippen LogP contribution in [0.25, 0.3) is 5.57 Å². The Bertz CT molecular complexity index is 1230. The zero-order valence-corrected chi connectivity index (χ0v) is 20.2. The Morgan fingerprint density at radius 1 is 1.36 bits per heavy atom. The van der Waals surface area contributed by atoms with Gasteiger partial charge in [-0.1, -0.05) is 17.4 Å². The monoisotopic (exact) mass is 497 g/mol. The highest BCUT2D eigenvalue weighted by Gasteiger charge is 2.35. The minimum Gasteiger partial charge on any atom is -0.383 e. The van der Waals surface area contributed by atoms with Crippen LogP contribution in [0.2, 0.25) is 0 Å². The summed E-state index contributed by atoms with van der Waals surface area (Å²) in [4.78, 5) is 19.2. The van der Waals surface area contributed by atoms with E-state index in [1.54, 1.807) is 12.3 Å². The molecule has 4 rings (SSSR count). The van der Waals surface area contributed by atoms with Gasteiger partial charge in [-0.25, -0.2) is 13.8 Å². The predicted molar refractivity (Wildman–Crippen MR) is 132 cm³/mol. The quantitative estimate of drug-likeness (QED) is 0.241. The zero-order valence-electron chi connectivity index (χ0n) is 20.2. The molecule has 4 N–H and O–H groups in total. The van der Waals surface area contributed by atoms with E-state index in [1.807, 2.05) is 24.8 Å². The summed E-state index contributed by atoms with van der Waals surface area (Å²) in [5, 5.41) is 9.41. The van der Waals surface area contributed by atoms with Crippen LogP contribution in [0.15, 0.2) is 46.9 Å². The Balaban J connectivity index is 1.53. The van der Waals surface area contributed by atoms with E-state index in [1.165, 1.54) is 12.1 Å². The third kappa shape index (κ3) is 5.56. The summed E-state index contributed by atoms with van der Waals surface area (Å²) in [5.74, 6) is -1.98. The van der Waals surface area contributed by atoms with Crippen molar-refractivity contribution in [2.45, 2.75) is 38.7 Å². The van der Waals surface area contributed by atoms with E-state index in [2.05, 4.69) is 20.6 Å². The number of amides is 1. The number of hydrogen-bond donors (Lipinski definition) is 3. The predicted octanol–water partition coefficient (Wildman–Crippen LogP) is 4.57. The van der Waals surface area contributed by atoms with Crippen molar-refractivity contribution >= 4 is 28.8 Å². The number of nitrogens with zero attached hydrogens (tertiary/aromatic N) is 4. The van der Waals surface area contributed by atoms with E-state index in [0.29, 0.717) is 32.5 Å². The number of nitrogens with one attached hydrogen (secondary N) is 2. The van der Waals surface area contributed by atoms with E-state index < -0.39 is 11.6 Å². The zero-order chi connectivity index (χ0) is 25.9. The molecule has 1 saturated heterocycles. The Kier molecular flexibility index (Phi) is 7.39. The molecule has 2 aliphatic rings. The number of nitrogens with two attached hydrogens (primary N) is 1. The summed E-state index contributed by atoms with van der Waals surface area (Å²) in [6.45, 7) is 5.64. The fraction of sp³-hybridized carbons (Fsp3) is 0.400. The molecule has 0 spiro atoms. The number of pyridine rings is 1. The molecular formula is C25H29F2N7O2. The number of aromatic nitrogens is 1. The molecule has 190 valence electrons. The van der Waals surface area contributed by atoms with E-state index in [-0.39, 0.29) is 40.3 Å². The molecule has 1 fully saturated rings. The number of anilines is 2. The maximum absolute atomic E-state index is 14.2. The van der Waals surface area contributed by atoms with Gasteiger partial charge in [0.25, 0.3) is 0 Å². The minimum atomic E-state index is -1.09. The number of ether oxygens (including phenoxy) is 1. The first-order valence-corrected chi connectivity index (χ1v) is 11.7. The molecule has 0 bridgehead atoms. The number of halogens is 2. The van der Waals surface area contributed by atoms with Crippen molar-refractivity contribution in [3.05, 3.63) is 59.3 Å². The maximum Gasteiger partial charge on any atom is 0.226 e. The van der Waals surface area contributed by atoms with Crippen LogP contribution in [-0.4, -0.2) is 46.9 Å². The average Bonchev–Trinajstić information content (AvgIpc) is 2.86. The summed E-state index contributed by atoms with van der Waals surface area (Å²) in [7, 11) is 0. The molecule has 2 aliphatic heterocycles. The maximum atomic E-state index is 14.2. The van der Waals surface area contributed by atoms with Gasteiger partial charge in [0.05, 0.1) is 16.9 Å².